The van der Waals surface area contributed by atoms with Gasteiger partial charge >= 0.3 is 11.9 Å². The normalized spacial score (nSPS) is 31.6. The summed E-state index contributed by atoms with van der Waals surface area (Å²) in [5.41, 5.74) is 0.977. The third-order valence-corrected chi connectivity index (χ3v) is 13.7. The van der Waals surface area contributed by atoms with Crippen molar-refractivity contribution in [2.75, 3.05) is 46.0 Å². The number of carboxylic acids is 1. The van der Waals surface area contributed by atoms with Crippen LogP contribution in [0.2, 0.25) is 5.02 Å². The molecule has 5 fully saturated rings. The highest BCUT2D eigenvalue weighted by molar-refractivity contribution is 6.36. The first-order valence-electron chi connectivity index (χ1n) is 21.8. The van der Waals surface area contributed by atoms with Crippen LogP contribution in [0.1, 0.15) is 96.6 Å². The number of carbonyl (C=O) groups is 4. The number of esters is 1. The summed E-state index contributed by atoms with van der Waals surface area (Å²) in [6.45, 7) is 8.36. The summed E-state index contributed by atoms with van der Waals surface area (Å²) in [6.07, 6.45) is 12.4. The van der Waals surface area contributed by atoms with Crippen LogP contribution < -0.4 is 9.47 Å². The molecule has 6 aliphatic rings. The van der Waals surface area contributed by atoms with Crippen molar-refractivity contribution in [2.24, 2.45) is 29.1 Å². The number of carboxylic acid groups (broad SMARTS) is 1. The Kier molecular flexibility index (Phi) is 12.7. The second-order valence-electron chi connectivity index (χ2n) is 18.0. The Balaban J connectivity index is 1.06. The monoisotopic (exact) mass is 831 g/mol. The summed E-state index contributed by atoms with van der Waals surface area (Å²) in [6, 6.07) is 4.63. The molecule has 13 heteroatoms. The number of Topliss-reactive ketones (excluding diaryl/α,β-unsaturated/α-hetero) is 1. The van der Waals surface area contributed by atoms with Gasteiger partial charge in [0.1, 0.15) is 35.3 Å². The molecule has 1 aromatic heterocycles. The van der Waals surface area contributed by atoms with E-state index in [2.05, 4.69) is 4.90 Å². The van der Waals surface area contributed by atoms with Crippen LogP contribution in [0.25, 0.3) is 17.0 Å². The minimum absolute atomic E-state index is 0.0505. The number of allylic oxidation sites excluding steroid dienone is 3. The lowest BCUT2D eigenvalue weighted by atomic mass is 9.91. The molecule has 1 aromatic carbocycles. The standard InChI is InChI=1S/C46H58ClN3O9/c1-28(2)18-33-23-40(36-10-11-39(42(47)43(36)48-33)57-17-14-49-12-15-56-16-13-49)58-35-24-37-38(51)26-46(45(54)55)25-32(46)9-7-5-3-4-6-8-29(44(53)50(37)27-35)22-41(52)59-34-20-30-19-31(30)21-34/h7,9-11,18,23,29-32,34-35,37H,3-6,8,12-17,19-22,24-27H2,1-2H3,(H,54,55)/b9-7-/t29-,30-,31+,32-,34?,35-,37+,46-/m1/s1. The SMILES string of the molecule is CC(C)=Cc1cc(O[C@@H]2C[C@H]3C(=O)C[C@]4(C(=O)O)C[C@H]4/C=C\CCCCC[C@H](CC(=O)OC4C[C@@H]5C[C@@H]5C4)C(=O)N3C2)c2ccc(OCCN3CCOCC3)c(Cl)c2n1. The van der Waals surface area contributed by atoms with Crippen LogP contribution in [0, 0.1) is 29.1 Å². The maximum atomic E-state index is 14.7. The van der Waals surface area contributed by atoms with Crippen LogP contribution in [-0.2, 0) is 28.7 Å². The van der Waals surface area contributed by atoms with Gasteiger partial charge < -0.3 is 29.0 Å². The number of aromatic nitrogens is 1. The van der Waals surface area contributed by atoms with Crippen molar-refractivity contribution in [2.45, 2.75) is 109 Å². The second-order valence-corrected chi connectivity index (χ2v) is 18.4. The first-order chi connectivity index (χ1) is 28.5. The number of fused-ring (bicyclic) bond motifs is 4. The van der Waals surface area contributed by atoms with Crippen LogP contribution in [0.4, 0.5) is 0 Å². The number of rotatable bonds is 11. The number of nitrogens with zero attached hydrogens (tertiary/aromatic N) is 3. The molecular weight excluding hydrogens is 774 g/mol. The number of aliphatic carboxylic acids is 1. The molecule has 3 saturated carbocycles. The molecule has 59 heavy (non-hydrogen) atoms. The summed E-state index contributed by atoms with van der Waals surface area (Å²) < 4.78 is 24.3. The number of amides is 1. The van der Waals surface area contributed by atoms with E-state index in [4.69, 9.17) is 35.5 Å². The molecule has 3 aliphatic heterocycles. The summed E-state index contributed by atoms with van der Waals surface area (Å²) in [5.74, 6) is -0.507. The van der Waals surface area contributed by atoms with E-state index >= 15 is 0 Å². The molecule has 2 aromatic rings. The summed E-state index contributed by atoms with van der Waals surface area (Å²) in [5, 5.41) is 11.4. The molecule has 0 spiro atoms. The van der Waals surface area contributed by atoms with E-state index in [1.165, 1.54) is 6.42 Å². The summed E-state index contributed by atoms with van der Waals surface area (Å²) in [7, 11) is 0. The highest BCUT2D eigenvalue weighted by atomic mass is 35.5. The topological polar surface area (TPSA) is 145 Å². The third-order valence-electron chi connectivity index (χ3n) is 13.4. The Bertz CT molecular complexity index is 1980. The Morgan fingerprint density at radius 3 is 2.59 bits per heavy atom. The first-order valence-corrected chi connectivity index (χ1v) is 22.2. The van der Waals surface area contributed by atoms with Gasteiger partial charge in [0.25, 0.3) is 0 Å². The van der Waals surface area contributed by atoms with Crippen LogP contribution in [0.15, 0.2) is 35.9 Å². The molecule has 8 rings (SSSR count). The number of halogens is 1. The third kappa shape index (κ3) is 9.65. The summed E-state index contributed by atoms with van der Waals surface area (Å²) in [4.78, 5) is 64.0. The molecule has 8 atom stereocenters. The van der Waals surface area contributed by atoms with Gasteiger partial charge in [-0.05, 0) is 94.8 Å². The minimum atomic E-state index is -1.19. The van der Waals surface area contributed by atoms with Crippen LogP contribution >= 0.6 is 11.6 Å². The van der Waals surface area contributed by atoms with E-state index in [0.717, 1.165) is 63.7 Å². The Morgan fingerprint density at radius 1 is 1.03 bits per heavy atom. The van der Waals surface area contributed by atoms with Crippen molar-refractivity contribution in [3.63, 3.8) is 0 Å². The molecule has 4 heterocycles. The van der Waals surface area contributed by atoms with Crippen molar-refractivity contribution in [3.8, 4) is 11.5 Å². The molecule has 0 radical (unpaired) electrons. The molecule has 0 bridgehead atoms. The molecular formula is C46H58ClN3O9. The largest absolute Gasteiger partial charge is 0.491 e. The maximum absolute atomic E-state index is 14.7. The molecule has 1 N–H and O–H groups in total. The average molecular weight is 832 g/mol. The Morgan fingerprint density at radius 2 is 1.83 bits per heavy atom. The van der Waals surface area contributed by atoms with Crippen molar-refractivity contribution < 1.29 is 43.2 Å². The molecule has 3 aliphatic carbocycles. The second kappa shape index (κ2) is 17.9. The highest BCUT2D eigenvalue weighted by Gasteiger charge is 2.61. The van der Waals surface area contributed by atoms with Gasteiger partial charge in [0.2, 0.25) is 5.91 Å². The smallest absolute Gasteiger partial charge is 0.310 e. The van der Waals surface area contributed by atoms with Gasteiger partial charge in [-0.15, -0.1) is 0 Å². The van der Waals surface area contributed by atoms with Gasteiger partial charge in [-0.3, -0.25) is 24.1 Å². The van der Waals surface area contributed by atoms with Gasteiger partial charge in [0.15, 0.2) is 5.78 Å². The number of benzene rings is 1. The van der Waals surface area contributed by atoms with E-state index in [-0.39, 0.29) is 55.5 Å². The number of morpholine rings is 1. The van der Waals surface area contributed by atoms with Crippen LogP contribution in [0.5, 0.6) is 11.5 Å². The fraction of sp³-hybridized carbons (Fsp3) is 0.630. The molecule has 2 saturated heterocycles. The van der Waals surface area contributed by atoms with Crippen molar-refractivity contribution in [1.29, 1.82) is 0 Å². The number of ether oxygens (including phenoxy) is 4. The lowest BCUT2D eigenvalue weighted by molar-refractivity contribution is -0.154. The quantitative estimate of drug-likeness (QED) is 0.180. The highest BCUT2D eigenvalue weighted by Crippen LogP contribution is 2.57. The zero-order valence-corrected chi connectivity index (χ0v) is 35.1. The van der Waals surface area contributed by atoms with Gasteiger partial charge in [-0.2, -0.15) is 0 Å². The Hall–Kier alpha value is -4.00. The molecule has 1 amide bonds. The van der Waals surface area contributed by atoms with Crippen LogP contribution in [0.3, 0.4) is 0 Å². The lowest BCUT2D eigenvalue weighted by Gasteiger charge is -2.28. The van der Waals surface area contributed by atoms with E-state index < -0.39 is 29.4 Å². The van der Waals surface area contributed by atoms with E-state index in [1.807, 2.05) is 50.3 Å². The number of pyridine rings is 1. The number of carbonyl (C=O) groups excluding carboxylic acids is 3. The maximum Gasteiger partial charge on any atom is 0.310 e. The van der Waals surface area contributed by atoms with Crippen molar-refractivity contribution in [3.05, 3.63) is 46.6 Å². The van der Waals surface area contributed by atoms with Gasteiger partial charge in [0, 0.05) is 49.8 Å². The minimum Gasteiger partial charge on any atom is -0.491 e. The predicted molar refractivity (Wildman–Crippen MR) is 222 cm³/mol. The fourth-order valence-electron chi connectivity index (χ4n) is 9.89. The van der Waals surface area contributed by atoms with Gasteiger partial charge in [-0.1, -0.05) is 42.2 Å². The van der Waals surface area contributed by atoms with Crippen molar-refractivity contribution in [1.82, 2.24) is 14.8 Å². The molecule has 1 unspecified atom stereocenters. The number of hydrogen-bond acceptors (Lipinski definition) is 10. The van der Waals surface area contributed by atoms with Gasteiger partial charge in [-0.25, -0.2) is 4.98 Å². The zero-order valence-electron chi connectivity index (χ0n) is 34.4. The van der Waals surface area contributed by atoms with E-state index in [1.54, 1.807) is 4.90 Å². The zero-order chi connectivity index (χ0) is 41.3. The average Bonchev–Trinajstić information content (AvgIpc) is 4.00. The van der Waals surface area contributed by atoms with E-state index in [0.29, 0.717) is 77.6 Å². The molecule has 12 nitrogen and oxygen atoms in total. The Labute approximate surface area is 351 Å². The van der Waals surface area contributed by atoms with E-state index in [9.17, 15) is 24.3 Å². The van der Waals surface area contributed by atoms with Gasteiger partial charge in [0.05, 0.1) is 48.8 Å². The first kappa shape index (κ1) is 41.7. The number of ketones is 1. The molecule has 318 valence electrons. The van der Waals surface area contributed by atoms with Crippen molar-refractivity contribution >= 4 is 52.2 Å². The lowest BCUT2D eigenvalue weighted by Crippen LogP contribution is -2.45. The summed E-state index contributed by atoms with van der Waals surface area (Å²) >= 11 is 7.02. The predicted octanol–water partition coefficient (Wildman–Crippen LogP) is 7.29. The van der Waals surface area contributed by atoms with Crippen LogP contribution in [-0.4, -0.2) is 108 Å². The fourth-order valence-corrected chi connectivity index (χ4v) is 10.2. The number of hydrogen-bond donors (Lipinski definition) is 1.